The number of thioether (sulfide) groups is 1. The molecule has 0 spiro atoms. The second-order valence-corrected chi connectivity index (χ2v) is 6.32. The van der Waals surface area contributed by atoms with Crippen LogP contribution in [0.25, 0.3) is 0 Å². The molecule has 0 aliphatic carbocycles. The van der Waals surface area contributed by atoms with Crippen LogP contribution in [-0.4, -0.2) is 39.4 Å². The monoisotopic (exact) mass is 292 g/mol. The molecule has 18 heavy (non-hydrogen) atoms. The predicted octanol–water partition coefficient (Wildman–Crippen LogP) is 0.671. The summed E-state index contributed by atoms with van der Waals surface area (Å²) in [7, 11) is -3.21. The molecule has 0 radical (unpaired) electrons. The molecule has 1 rings (SSSR count). The van der Waals surface area contributed by atoms with Crippen molar-refractivity contribution in [3.8, 4) is 0 Å². The summed E-state index contributed by atoms with van der Waals surface area (Å²) in [4.78, 5) is 11.6. The molecule has 8 heteroatoms. The van der Waals surface area contributed by atoms with Gasteiger partial charge in [-0.3, -0.25) is 4.79 Å². The fraction of sp³-hybridized carbons (Fsp3) is 0.500. The van der Waals surface area contributed by atoms with Crippen molar-refractivity contribution >= 4 is 27.7 Å². The average Bonchev–Trinajstić information content (AvgIpc) is 2.83. The van der Waals surface area contributed by atoms with E-state index in [1.54, 1.807) is 13.0 Å². The summed E-state index contributed by atoms with van der Waals surface area (Å²) in [5, 5.41) is 3.26. The van der Waals surface area contributed by atoms with E-state index in [-0.39, 0.29) is 24.7 Å². The summed E-state index contributed by atoms with van der Waals surface area (Å²) in [6, 6.07) is 1.64. The van der Waals surface area contributed by atoms with Crippen molar-refractivity contribution in [2.75, 3.05) is 25.1 Å². The fourth-order valence-electron chi connectivity index (χ4n) is 1.13. The Balaban J connectivity index is 2.34. The Hall–Kier alpha value is -0.990. The van der Waals surface area contributed by atoms with Crippen LogP contribution in [0.4, 0.5) is 0 Å². The second kappa shape index (κ2) is 6.81. The van der Waals surface area contributed by atoms with E-state index in [9.17, 15) is 13.2 Å². The van der Waals surface area contributed by atoms with Gasteiger partial charge >= 0.3 is 0 Å². The second-order valence-electron chi connectivity index (χ2n) is 3.41. The number of rotatable bonds is 7. The van der Waals surface area contributed by atoms with Crippen LogP contribution in [0.3, 0.4) is 0 Å². The number of amides is 1. The van der Waals surface area contributed by atoms with Crippen LogP contribution in [0.1, 0.15) is 17.3 Å². The molecule has 1 amide bonds. The lowest BCUT2D eigenvalue weighted by Gasteiger charge is -2.05. The predicted molar refractivity (Wildman–Crippen MR) is 70.3 cm³/mol. The molecule has 2 N–H and O–H groups in total. The normalized spacial score (nSPS) is 11.4. The van der Waals surface area contributed by atoms with Gasteiger partial charge in [0.2, 0.25) is 10.0 Å². The van der Waals surface area contributed by atoms with Crippen LogP contribution >= 0.6 is 11.8 Å². The van der Waals surface area contributed by atoms with Gasteiger partial charge in [0.15, 0.2) is 5.09 Å². The van der Waals surface area contributed by atoms with Gasteiger partial charge < -0.3 is 9.73 Å². The smallest absolute Gasteiger partial charge is 0.254 e. The molecule has 1 aromatic heterocycles. The van der Waals surface area contributed by atoms with Gasteiger partial charge in [0.25, 0.3) is 5.91 Å². The molecule has 102 valence electrons. The number of carbonyl (C=O) groups excluding carboxylic acids is 1. The molecule has 0 unspecified atom stereocenters. The van der Waals surface area contributed by atoms with Crippen molar-refractivity contribution in [2.45, 2.75) is 12.0 Å². The average molecular weight is 292 g/mol. The molecule has 0 aliphatic rings. The third-order valence-corrected chi connectivity index (χ3v) is 4.17. The topological polar surface area (TPSA) is 88.4 Å². The van der Waals surface area contributed by atoms with Crippen molar-refractivity contribution in [3.63, 3.8) is 0 Å². The fourth-order valence-corrected chi connectivity index (χ4v) is 2.14. The van der Waals surface area contributed by atoms with Crippen LogP contribution in [0, 0.1) is 0 Å². The minimum Gasteiger partial charge on any atom is -0.457 e. The molecule has 1 heterocycles. The first-order valence-electron chi connectivity index (χ1n) is 5.36. The van der Waals surface area contributed by atoms with Crippen molar-refractivity contribution in [2.24, 2.45) is 0 Å². The Labute approximate surface area is 111 Å². The first-order chi connectivity index (χ1) is 8.48. The lowest BCUT2D eigenvalue weighted by molar-refractivity contribution is 0.0953. The Morgan fingerprint density at radius 2 is 2.17 bits per heavy atom. The first-order valence-corrected chi connectivity index (χ1v) is 8.24. The van der Waals surface area contributed by atoms with E-state index in [1.807, 2.05) is 6.26 Å². The lowest BCUT2D eigenvalue weighted by Crippen LogP contribution is -2.35. The van der Waals surface area contributed by atoms with E-state index >= 15 is 0 Å². The largest absolute Gasteiger partial charge is 0.457 e. The Morgan fingerprint density at radius 3 is 2.72 bits per heavy atom. The number of hydrogen-bond acceptors (Lipinski definition) is 5. The van der Waals surface area contributed by atoms with E-state index in [4.69, 9.17) is 4.42 Å². The zero-order valence-electron chi connectivity index (χ0n) is 10.2. The highest BCUT2D eigenvalue weighted by atomic mass is 32.2. The van der Waals surface area contributed by atoms with Crippen LogP contribution < -0.4 is 10.0 Å². The number of furan rings is 1. The van der Waals surface area contributed by atoms with Crippen LogP contribution in [0.5, 0.6) is 0 Å². The molecule has 0 saturated heterocycles. The Kier molecular flexibility index (Phi) is 5.70. The maximum Gasteiger partial charge on any atom is 0.254 e. The Morgan fingerprint density at radius 1 is 1.44 bits per heavy atom. The highest BCUT2D eigenvalue weighted by molar-refractivity contribution is 7.98. The number of carbonyl (C=O) groups is 1. The summed E-state index contributed by atoms with van der Waals surface area (Å²) in [5.41, 5.74) is 0.428. The third kappa shape index (κ3) is 4.71. The van der Waals surface area contributed by atoms with Gasteiger partial charge in [0.05, 0.1) is 11.3 Å². The van der Waals surface area contributed by atoms with E-state index in [2.05, 4.69) is 10.0 Å². The Bertz CT molecular complexity index is 496. The molecule has 0 atom stereocenters. The van der Waals surface area contributed by atoms with Gasteiger partial charge in [-0.05, 0) is 13.2 Å². The van der Waals surface area contributed by atoms with Gasteiger partial charge in [-0.25, -0.2) is 13.1 Å². The van der Waals surface area contributed by atoms with E-state index in [0.717, 1.165) is 0 Å². The van der Waals surface area contributed by atoms with Gasteiger partial charge in [-0.2, -0.15) is 0 Å². The summed E-state index contributed by atoms with van der Waals surface area (Å²) in [6.45, 7) is 1.96. The van der Waals surface area contributed by atoms with Crippen LogP contribution in [-0.2, 0) is 10.0 Å². The van der Waals surface area contributed by atoms with Gasteiger partial charge in [-0.15, -0.1) is 0 Å². The molecule has 0 saturated carbocycles. The lowest BCUT2D eigenvalue weighted by atomic mass is 10.3. The van der Waals surface area contributed by atoms with Crippen molar-refractivity contribution in [1.29, 1.82) is 0 Å². The first kappa shape index (κ1) is 15.1. The van der Waals surface area contributed by atoms with Crippen molar-refractivity contribution in [1.82, 2.24) is 10.0 Å². The summed E-state index contributed by atoms with van der Waals surface area (Å²) in [6.07, 6.45) is 3.22. The summed E-state index contributed by atoms with van der Waals surface area (Å²) in [5.74, 6) is -0.255. The number of hydrogen-bond donors (Lipinski definition) is 2. The van der Waals surface area contributed by atoms with Gasteiger partial charge in [0.1, 0.15) is 6.26 Å². The highest BCUT2D eigenvalue weighted by Crippen LogP contribution is 2.17. The molecular weight excluding hydrogens is 276 g/mol. The minimum atomic E-state index is -3.21. The summed E-state index contributed by atoms with van der Waals surface area (Å²) >= 11 is 1.40. The zero-order chi connectivity index (χ0) is 13.6. The van der Waals surface area contributed by atoms with Crippen molar-refractivity contribution < 1.29 is 17.6 Å². The van der Waals surface area contributed by atoms with Gasteiger partial charge in [-0.1, -0.05) is 11.8 Å². The maximum atomic E-state index is 11.6. The molecule has 1 aromatic rings. The van der Waals surface area contributed by atoms with E-state index in [1.165, 1.54) is 18.0 Å². The molecule has 6 nitrogen and oxygen atoms in total. The molecule has 0 aliphatic heterocycles. The van der Waals surface area contributed by atoms with Crippen LogP contribution in [0.2, 0.25) is 0 Å². The minimum absolute atomic E-state index is 0.0275. The van der Waals surface area contributed by atoms with Gasteiger partial charge in [0, 0.05) is 19.2 Å². The highest BCUT2D eigenvalue weighted by Gasteiger charge is 2.10. The maximum absolute atomic E-state index is 11.6. The third-order valence-electron chi connectivity index (χ3n) is 2.15. The zero-order valence-corrected chi connectivity index (χ0v) is 11.9. The number of sulfonamides is 1. The standard InChI is InChI=1S/C10H16N2O4S2/c1-3-18(14,15)12-5-4-11-10(13)8-6-9(17-2)16-7-8/h6-7,12H,3-5H2,1-2H3,(H,11,13). The molecule has 0 bridgehead atoms. The number of nitrogens with one attached hydrogen (secondary N) is 2. The molecule has 0 fully saturated rings. The molecule has 0 aromatic carbocycles. The van der Waals surface area contributed by atoms with Crippen LogP contribution in [0.15, 0.2) is 21.8 Å². The SMILES string of the molecule is CCS(=O)(=O)NCCNC(=O)c1coc(SC)c1. The van der Waals surface area contributed by atoms with E-state index < -0.39 is 10.0 Å². The summed E-state index contributed by atoms with van der Waals surface area (Å²) < 4.78 is 29.7. The quantitative estimate of drug-likeness (QED) is 0.569. The van der Waals surface area contributed by atoms with E-state index in [0.29, 0.717) is 10.7 Å². The van der Waals surface area contributed by atoms with Crippen molar-refractivity contribution in [3.05, 3.63) is 17.9 Å². The molecular formula is C10H16N2O4S2.